The Balaban J connectivity index is 1.90. The Morgan fingerprint density at radius 3 is 2.59 bits per heavy atom. The van der Waals surface area contributed by atoms with Crippen LogP contribution in [0.1, 0.15) is 34.6 Å². The summed E-state index contributed by atoms with van der Waals surface area (Å²) in [4.78, 5) is 7.60. The molecular formula is C15H20N2. The number of rotatable bonds is 4. The number of aromatic nitrogens is 2. The van der Waals surface area contributed by atoms with Crippen molar-refractivity contribution in [1.82, 2.24) is 9.97 Å². The van der Waals surface area contributed by atoms with Crippen LogP contribution in [0.2, 0.25) is 0 Å². The lowest BCUT2D eigenvalue weighted by atomic mass is 10.0. The minimum absolute atomic E-state index is 1.03. The van der Waals surface area contributed by atoms with E-state index >= 15 is 0 Å². The van der Waals surface area contributed by atoms with E-state index in [2.05, 4.69) is 42.0 Å². The summed E-state index contributed by atoms with van der Waals surface area (Å²) in [6, 6.07) is 6.70. The van der Waals surface area contributed by atoms with Crippen LogP contribution in [0.25, 0.3) is 0 Å². The minimum Gasteiger partial charge on any atom is -0.346 e. The van der Waals surface area contributed by atoms with E-state index in [1.807, 2.05) is 13.1 Å². The van der Waals surface area contributed by atoms with Crippen molar-refractivity contribution < 1.29 is 0 Å². The zero-order valence-corrected chi connectivity index (χ0v) is 10.9. The maximum atomic E-state index is 4.33. The fourth-order valence-corrected chi connectivity index (χ4v) is 2.17. The Kier molecular flexibility index (Phi) is 3.62. The predicted molar refractivity (Wildman–Crippen MR) is 71.3 cm³/mol. The molecule has 1 aromatic heterocycles. The van der Waals surface area contributed by atoms with Gasteiger partial charge in [0.1, 0.15) is 5.82 Å². The van der Waals surface area contributed by atoms with Crippen molar-refractivity contribution in [3.05, 3.63) is 52.6 Å². The highest BCUT2D eigenvalue weighted by Crippen LogP contribution is 2.13. The summed E-state index contributed by atoms with van der Waals surface area (Å²) in [6.07, 6.45) is 5.20. The van der Waals surface area contributed by atoms with E-state index in [1.165, 1.54) is 16.7 Å². The number of H-pyrrole nitrogens is 1. The highest BCUT2D eigenvalue weighted by atomic mass is 14.9. The maximum Gasteiger partial charge on any atom is 0.106 e. The molecular weight excluding hydrogens is 208 g/mol. The van der Waals surface area contributed by atoms with Crippen LogP contribution in [-0.2, 0) is 12.8 Å². The van der Waals surface area contributed by atoms with Crippen molar-refractivity contribution in [3.63, 3.8) is 0 Å². The van der Waals surface area contributed by atoms with Gasteiger partial charge >= 0.3 is 0 Å². The smallest absolute Gasteiger partial charge is 0.106 e. The number of nitrogens with zero attached hydrogens (tertiary/aromatic N) is 1. The molecule has 1 aromatic carbocycles. The third kappa shape index (κ3) is 3.19. The molecule has 2 rings (SSSR count). The molecule has 0 aliphatic rings. The van der Waals surface area contributed by atoms with Gasteiger partial charge in [-0.3, -0.25) is 0 Å². The summed E-state index contributed by atoms with van der Waals surface area (Å²) in [7, 11) is 0. The average Bonchev–Trinajstić information content (AvgIpc) is 2.68. The molecule has 0 unspecified atom stereocenters. The van der Waals surface area contributed by atoms with Crippen molar-refractivity contribution in [2.45, 2.75) is 40.0 Å². The average molecular weight is 228 g/mol. The van der Waals surface area contributed by atoms with Gasteiger partial charge in [0.05, 0.1) is 0 Å². The quantitative estimate of drug-likeness (QED) is 0.852. The highest BCUT2D eigenvalue weighted by molar-refractivity contribution is 5.30. The molecule has 0 amide bonds. The summed E-state index contributed by atoms with van der Waals surface area (Å²) >= 11 is 0. The summed E-state index contributed by atoms with van der Waals surface area (Å²) in [5.41, 5.74) is 5.35. The molecule has 0 fully saturated rings. The first-order valence-corrected chi connectivity index (χ1v) is 6.22. The Morgan fingerprint density at radius 1 is 1.12 bits per heavy atom. The van der Waals surface area contributed by atoms with E-state index in [1.54, 1.807) is 0 Å². The molecule has 0 saturated heterocycles. The molecule has 2 heteroatoms. The summed E-state index contributed by atoms with van der Waals surface area (Å²) in [5.74, 6) is 1.10. The van der Waals surface area contributed by atoms with E-state index < -0.39 is 0 Å². The van der Waals surface area contributed by atoms with Gasteiger partial charge < -0.3 is 4.98 Å². The second kappa shape index (κ2) is 5.17. The number of imidazole rings is 1. The minimum atomic E-state index is 1.03. The number of aryl methyl sites for hydroxylation is 5. The molecule has 0 aliphatic heterocycles. The molecule has 90 valence electrons. The van der Waals surface area contributed by atoms with Crippen LogP contribution in [0.4, 0.5) is 0 Å². The highest BCUT2D eigenvalue weighted by Gasteiger charge is 2.01. The first-order valence-electron chi connectivity index (χ1n) is 6.22. The Hall–Kier alpha value is -1.57. The number of hydrogen-bond acceptors (Lipinski definition) is 1. The molecule has 0 atom stereocenters. The molecule has 1 N–H and O–H groups in total. The van der Waals surface area contributed by atoms with E-state index in [-0.39, 0.29) is 0 Å². The van der Waals surface area contributed by atoms with Crippen molar-refractivity contribution in [2.24, 2.45) is 0 Å². The molecule has 1 heterocycles. The van der Waals surface area contributed by atoms with Crippen LogP contribution >= 0.6 is 0 Å². The van der Waals surface area contributed by atoms with E-state index in [4.69, 9.17) is 0 Å². The molecule has 2 nitrogen and oxygen atoms in total. The summed E-state index contributed by atoms with van der Waals surface area (Å²) in [6.45, 7) is 6.38. The van der Waals surface area contributed by atoms with Crippen LogP contribution in [0.3, 0.4) is 0 Å². The van der Waals surface area contributed by atoms with Gasteiger partial charge in [-0.05, 0) is 44.7 Å². The molecule has 0 spiro atoms. The largest absolute Gasteiger partial charge is 0.346 e. The second-order valence-corrected chi connectivity index (χ2v) is 4.80. The first kappa shape index (κ1) is 11.9. The topological polar surface area (TPSA) is 28.7 Å². The summed E-state index contributed by atoms with van der Waals surface area (Å²) in [5, 5.41) is 0. The predicted octanol–water partition coefficient (Wildman–Crippen LogP) is 3.51. The molecule has 17 heavy (non-hydrogen) atoms. The lowest BCUT2D eigenvalue weighted by molar-refractivity contribution is 0.778. The molecule has 0 aliphatic carbocycles. The van der Waals surface area contributed by atoms with Gasteiger partial charge in [-0.15, -0.1) is 0 Å². The fourth-order valence-electron chi connectivity index (χ4n) is 2.17. The van der Waals surface area contributed by atoms with E-state index in [9.17, 15) is 0 Å². The molecule has 2 aromatic rings. The third-order valence-corrected chi connectivity index (χ3v) is 3.11. The number of hydrogen-bond donors (Lipinski definition) is 1. The van der Waals surface area contributed by atoms with Gasteiger partial charge in [-0.1, -0.05) is 23.8 Å². The fraction of sp³-hybridized carbons (Fsp3) is 0.400. The molecule has 0 bridgehead atoms. The van der Waals surface area contributed by atoms with Crippen LogP contribution in [0.5, 0.6) is 0 Å². The maximum absolute atomic E-state index is 4.33. The van der Waals surface area contributed by atoms with Gasteiger partial charge in [-0.2, -0.15) is 0 Å². The van der Waals surface area contributed by atoms with Crippen LogP contribution in [-0.4, -0.2) is 9.97 Å². The van der Waals surface area contributed by atoms with Crippen LogP contribution in [0, 0.1) is 20.8 Å². The zero-order chi connectivity index (χ0) is 12.3. The number of benzene rings is 1. The van der Waals surface area contributed by atoms with Crippen LogP contribution < -0.4 is 0 Å². The second-order valence-electron chi connectivity index (χ2n) is 4.80. The Morgan fingerprint density at radius 2 is 1.94 bits per heavy atom. The van der Waals surface area contributed by atoms with Gasteiger partial charge in [-0.25, -0.2) is 4.98 Å². The van der Waals surface area contributed by atoms with E-state index in [0.717, 1.165) is 30.8 Å². The Labute approximate surface area is 103 Å². The third-order valence-electron chi connectivity index (χ3n) is 3.11. The standard InChI is InChI=1S/C15H20N2/c1-11-7-8-14(12(2)9-11)5-4-6-15-16-10-13(3)17-15/h7-10H,4-6H2,1-3H3,(H,16,17). The lowest BCUT2D eigenvalue weighted by Crippen LogP contribution is -1.94. The number of nitrogens with one attached hydrogen (secondary N) is 1. The van der Waals surface area contributed by atoms with Gasteiger partial charge in [0, 0.05) is 18.3 Å². The van der Waals surface area contributed by atoms with E-state index in [0.29, 0.717) is 0 Å². The lowest BCUT2D eigenvalue weighted by Gasteiger charge is -2.06. The normalized spacial score (nSPS) is 10.8. The Bertz CT molecular complexity index is 497. The van der Waals surface area contributed by atoms with Crippen molar-refractivity contribution >= 4 is 0 Å². The first-order chi connectivity index (χ1) is 8.15. The zero-order valence-electron chi connectivity index (χ0n) is 10.9. The van der Waals surface area contributed by atoms with Gasteiger partial charge in [0.15, 0.2) is 0 Å². The van der Waals surface area contributed by atoms with Crippen molar-refractivity contribution in [2.75, 3.05) is 0 Å². The number of aromatic amines is 1. The van der Waals surface area contributed by atoms with Crippen molar-refractivity contribution in [3.8, 4) is 0 Å². The van der Waals surface area contributed by atoms with Crippen molar-refractivity contribution in [1.29, 1.82) is 0 Å². The SMILES string of the molecule is Cc1ccc(CCCc2ncc(C)[nH]2)c(C)c1. The summed E-state index contributed by atoms with van der Waals surface area (Å²) < 4.78 is 0. The van der Waals surface area contributed by atoms with Gasteiger partial charge in [0.2, 0.25) is 0 Å². The van der Waals surface area contributed by atoms with Crippen LogP contribution in [0.15, 0.2) is 24.4 Å². The molecule has 0 saturated carbocycles. The molecule has 0 radical (unpaired) electrons. The van der Waals surface area contributed by atoms with Gasteiger partial charge in [0.25, 0.3) is 0 Å². The monoisotopic (exact) mass is 228 g/mol.